The molecule has 3 nitrogen and oxygen atoms in total. The molecule has 116 valence electrons. The maximum absolute atomic E-state index is 11.9. The van der Waals surface area contributed by atoms with Crippen LogP contribution in [0.15, 0.2) is 60.7 Å². The lowest BCUT2D eigenvalue weighted by Crippen LogP contribution is -2.28. The highest BCUT2D eigenvalue weighted by molar-refractivity contribution is 5.96. The molecule has 0 aliphatic heterocycles. The number of aliphatic hydroxyl groups is 1. The molecule has 0 spiro atoms. The zero-order valence-corrected chi connectivity index (χ0v) is 13.0. The van der Waals surface area contributed by atoms with Crippen LogP contribution in [0.25, 0.3) is 0 Å². The molecule has 0 heterocycles. The van der Waals surface area contributed by atoms with Gasteiger partial charge in [-0.25, -0.2) is 0 Å². The third kappa shape index (κ3) is 4.79. The van der Waals surface area contributed by atoms with Crippen molar-refractivity contribution in [3.63, 3.8) is 0 Å². The molecule has 2 N–H and O–H groups in total. The normalized spacial score (nSPS) is 13.5. The zero-order valence-electron chi connectivity index (χ0n) is 13.0. The van der Waals surface area contributed by atoms with E-state index in [1.807, 2.05) is 67.6 Å². The van der Waals surface area contributed by atoms with Crippen LogP contribution in [0.5, 0.6) is 0 Å². The Morgan fingerprint density at radius 2 is 1.59 bits per heavy atom. The average molecular weight is 297 g/mol. The Kier molecular flexibility index (Phi) is 5.87. The number of Topliss-reactive ketones (excluding diaryl/α,β-unsaturated/α-hetero) is 1. The van der Waals surface area contributed by atoms with Crippen LogP contribution in [-0.4, -0.2) is 24.0 Å². The summed E-state index contributed by atoms with van der Waals surface area (Å²) in [6.45, 7) is 3.11. The standard InChI is InChI=1S/C19H23NO2/c1-19(22,17-10-6-3-7-11-17)13-15-20-14-12-18(21)16-8-4-2-5-9-16/h2-11,20,22H,12-15H2,1H3. The molecule has 0 amide bonds. The Balaban J connectivity index is 1.70. The molecule has 2 rings (SSSR count). The monoisotopic (exact) mass is 297 g/mol. The fourth-order valence-corrected chi connectivity index (χ4v) is 2.37. The molecule has 0 saturated heterocycles. The van der Waals surface area contributed by atoms with Crippen LogP contribution in [0.3, 0.4) is 0 Å². The predicted octanol–water partition coefficient (Wildman–Crippen LogP) is 3.15. The Labute approximate surface area is 132 Å². The number of hydrogen-bond donors (Lipinski definition) is 2. The molecule has 1 unspecified atom stereocenters. The molecule has 0 aliphatic rings. The van der Waals surface area contributed by atoms with Crippen molar-refractivity contribution in [2.75, 3.05) is 13.1 Å². The number of carbonyl (C=O) groups is 1. The Morgan fingerprint density at radius 3 is 2.23 bits per heavy atom. The van der Waals surface area contributed by atoms with Crippen molar-refractivity contribution in [2.45, 2.75) is 25.4 Å². The summed E-state index contributed by atoms with van der Waals surface area (Å²) in [6, 6.07) is 19.0. The molecule has 0 aliphatic carbocycles. The predicted molar refractivity (Wildman–Crippen MR) is 88.9 cm³/mol. The lowest BCUT2D eigenvalue weighted by atomic mass is 9.92. The van der Waals surface area contributed by atoms with E-state index in [9.17, 15) is 9.90 Å². The molecule has 22 heavy (non-hydrogen) atoms. The fraction of sp³-hybridized carbons (Fsp3) is 0.316. The fourth-order valence-electron chi connectivity index (χ4n) is 2.37. The zero-order chi connectivity index (χ0) is 15.8. The van der Waals surface area contributed by atoms with Gasteiger partial charge in [-0.3, -0.25) is 4.79 Å². The summed E-state index contributed by atoms with van der Waals surface area (Å²) in [5.74, 6) is 0.142. The van der Waals surface area contributed by atoms with Gasteiger partial charge in [0.2, 0.25) is 0 Å². The number of nitrogens with one attached hydrogen (secondary N) is 1. The van der Waals surface area contributed by atoms with Gasteiger partial charge >= 0.3 is 0 Å². The van der Waals surface area contributed by atoms with Gasteiger partial charge in [-0.15, -0.1) is 0 Å². The maximum Gasteiger partial charge on any atom is 0.164 e. The van der Waals surface area contributed by atoms with Gasteiger partial charge < -0.3 is 10.4 Å². The SMILES string of the molecule is CC(O)(CCNCCC(=O)c1ccccc1)c1ccccc1. The summed E-state index contributed by atoms with van der Waals surface area (Å²) in [5, 5.41) is 13.7. The van der Waals surface area contributed by atoms with Gasteiger partial charge in [-0.2, -0.15) is 0 Å². The highest BCUT2D eigenvalue weighted by atomic mass is 16.3. The minimum Gasteiger partial charge on any atom is -0.385 e. The molecule has 3 heteroatoms. The topological polar surface area (TPSA) is 49.3 Å². The van der Waals surface area contributed by atoms with E-state index in [4.69, 9.17) is 0 Å². The number of benzene rings is 2. The number of ketones is 1. The molecule has 2 aromatic rings. The van der Waals surface area contributed by atoms with E-state index in [2.05, 4.69) is 5.32 Å². The van der Waals surface area contributed by atoms with E-state index in [0.717, 1.165) is 11.1 Å². The summed E-state index contributed by atoms with van der Waals surface area (Å²) in [5.41, 5.74) is 0.815. The number of hydrogen-bond acceptors (Lipinski definition) is 3. The minimum absolute atomic E-state index is 0.142. The van der Waals surface area contributed by atoms with E-state index >= 15 is 0 Å². The summed E-state index contributed by atoms with van der Waals surface area (Å²) >= 11 is 0. The van der Waals surface area contributed by atoms with Crippen molar-refractivity contribution in [1.29, 1.82) is 0 Å². The molecular formula is C19H23NO2. The Hall–Kier alpha value is -1.97. The van der Waals surface area contributed by atoms with E-state index in [1.165, 1.54) is 0 Å². The summed E-state index contributed by atoms with van der Waals surface area (Å²) < 4.78 is 0. The van der Waals surface area contributed by atoms with Crippen LogP contribution in [-0.2, 0) is 5.60 Å². The van der Waals surface area contributed by atoms with E-state index in [0.29, 0.717) is 25.9 Å². The highest BCUT2D eigenvalue weighted by Crippen LogP contribution is 2.23. The molecule has 0 radical (unpaired) electrons. The molecule has 0 saturated carbocycles. The first-order valence-electron chi connectivity index (χ1n) is 7.66. The van der Waals surface area contributed by atoms with Crippen molar-refractivity contribution in [3.05, 3.63) is 71.8 Å². The van der Waals surface area contributed by atoms with Crippen molar-refractivity contribution >= 4 is 5.78 Å². The Bertz CT molecular complexity index is 579. The maximum atomic E-state index is 11.9. The molecule has 0 bridgehead atoms. The minimum atomic E-state index is -0.850. The average Bonchev–Trinajstić information content (AvgIpc) is 2.56. The van der Waals surface area contributed by atoms with Crippen LogP contribution in [0.4, 0.5) is 0 Å². The Morgan fingerprint density at radius 1 is 1.00 bits per heavy atom. The van der Waals surface area contributed by atoms with Crippen LogP contribution < -0.4 is 5.32 Å². The van der Waals surface area contributed by atoms with Crippen molar-refractivity contribution in [3.8, 4) is 0 Å². The molecule has 0 fully saturated rings. The van der Waals surface area contributed by atoms with Gasteiger partial charge in [0.25, 0.3) is 0 Å². The van der Waals surface area contributed by atoms with Gasteiger partial charge in [-0.05, 0) is 25.5 Å². The first-order chi connectivity index (χ1) is 10.6. The van der Waals surface area contributed by atoms with Crippen LogP contribution >= 0.6 is 0 Å². The second-order valence-electron chi connectivity index (χ2n) is 5.68. The molecule has 1 atom stereocenters. The lowest BCUT2D eigenvalue weighted by Gasteiger charge is -2.24. The molecular weight excluding hydrogens is 274 g/mol. The largest absolute Gasteiger partial charge is 0.385 e. The van der Waals surface area contributed by atoms with Gasteiger partial charge in [0.15, 0.2) is 5.78 Å². The summed E-state index contributed by atoms with van der Waals surface area (Å²) in [6.07, 6.45) is 1.08. The van der Waals surface area contributed by atoms with E-state index in [-0.39, 0.29) is 5.78 Å². The molecule has 0 aromatic heterocycles. The second-order valence-corrected chi connectivity index (χ2v) is 5.68. The van der Waals surface area contributed by atoms with Crippen molar-refractivity contribution in [1.82, 2.24) is 5.32 Å². The first kappa shape index (κ1) is 16.4. The number of rotatable bonds is 8. The summed E-state index contributed by atoms with van der Waals surface area (Å²) in [4.78, 5) is 11.9. The molecule has 2 aromatic carbocycles. The highest BCUT2D eigenvalue weighted by Gasteiger charge is 2.21. The smallest absolute Gasteiger partial charge is 0.164 e. The van der Waals surface area contributed by atoms with Crippen LogP contribution in [0.1, 0.15) is 35.7 Å². The third-order valence-electron chi connectivity index (χ3n) is 3.81. The van der Waals surface area contributed by atoms with Gasteiger partial charge in [0.05, 0.1) is 5.60 Å². The van der Waals surface area contributed by atoms with Crippen LogP contribution in [0.2, 0.25) is 0 Å². The number of carbonyl (C=O) groups excluding carboxylic acids is 1. The van der Waals surface area contributed by atoms with E-state index in [1.54, 1.807) is 0 Å². The first-order valence-corrected chi connectivity index (χ1v) is 7.66. The van der Waals surface area contributed by atoms with Gasteiger partial charge in [-0.1, -0.05) is 60.7 Å². The van der Waals surface area contributed by atoms with Gasteiger partial charge in [0, 0.05) is 18.5 Å². The lowest BCUT2D eigenvalue weighted by molar-refractivity contribution is 0.0481. The van der Waals surface area contributed by atoms with Crippen molar-refractivity contribution < 1.29 is 9.90 Å². The second kappa shape index (κ2) is 7.87. The van der Waals surface area contributed by atoms with Crippen LogP contribution in [0, 0.1) is 0 Å². The quantitative estimate of drug-likeness (QED) is 0.581. The van der Waals surface area contributed by atoms with Crippen molar-refractivity contribution in [2.24, 2.45) is 0 Å². The van der Waals surface area contributed by atoms with E-state index < -0.39 is 5.60 Å². The third-order valence-corrected chi connectivity index (χ3v) is 3.81. The van der Waals surface area contributed by atoms with Gasteiger partial charge in [0.1, 0.15) is 0 Å². The summed E-state index contributed by atoms with van der Waals surface area (Å²) in [7, 11) is 0.